The lowest BCUT2D eigenvalue weighted by atomic mass is 10.1. The van der Waals surface area contributed by atoms with Gasteiger partial charge < -0.3 is 10.4 Å². The summed E-state index contributed by atoms with van der Waals surface area (Å²) in [5.74, 6) is 0.0957. The number of pyridine rings is 1. The summed E-state index contributed by atoms with van der Waals surface area (Å²) >= 11 is 0. The first-order valence-electron chi connectivity index (χ1n) is 10.3. The van der Waals surface area contributed by atoms with Gasteiger partial charge in [-0.3, -0.25) is 20.0 Å². The van der Waals surface area contributed by atoms with Gasteiger partial charge in [0.05, 0.1) is 10.4 Å². The van der Waals surface area contributed by atoms with Gasteiger partial charge in [0.1, 0.15) is 5.75 Å². The minimum absolute atomic E-state index is 0.000664. The van der Waals surface area contributed by atoms with Crippen molar-refractivity contribution >= 4 is 22.3 Å². The van der Waals surface area contributed by atoms with E-state index >= 15 is 0 Å². The van der Waals surface area contributed by atoms with Crippen LogP contribution in [0.5, 0.6) is 5.75 Å². The highest BCUT2D eigenvalue weighted by atomic mass is 16.6. The number of anilines is 1. The first kappa shape index (κ1) is 21.5. The second-order valence-corrected chi connectivity index (χ2v) is 7.51. The summed E-state index contributed by atoms with van der Waals surface area (Å²) in [6, 6.07) is 12.4. The van der Waals surface area contributed by atoms with Crippen LogP contribution in [0.15, 0.2) is 48.7 Å². The van der Waals surface area contributed by atoms with Gasteiger partial charge in [-0.15, -0.1) is 0 Å². The van der Waals surface area contributed by atoms with Crippen LogP contribution < -0.4 is 5.32 Å². The number of phenolic OH excluding ortho intramolecular Hbond substituents is 1. The summed E-state index contributed by atoms with van der Waals surface area (Å²) in [5, 5.41) is 25.7. The fraction of sp³-hybridized carbons (Fsp3) is 0.348. The Bertz CT molecular complexity index is 1020. The average Bonchev–Trinajstić information content (AvgIpc) is 2.72. The number of aromatic nitrogens is 1. The first-order chi connectivity index (χ1) is 14.5. The van der Waals surface area contributed by atoms with Crippen molar-refractivity contribution in [2.45, 2.75) is 33.2 Å². The molecule has 0 spiro atoms. The van der Waals surface area contributed by atoms with Gasteiger partial charge in [-0.05, 0) is 50.1 Å². The van der Waals surface area contributed by atoms with E-state index in [4.69, 9.17) is 0 Å². The van der Waals surface area contributed by atoms with Gasteiger partial charge in [0.25, 0.3) is 5.69 Å². The number of benzene rings is 2. The monoisotopic (exact) mass is 408 g/mol. The number of fused-ring (bicyclic) bond motifs is 1. The van der Waals surface area contributed by atoms with Crippen LogP contribution in [0.3, 0.4) is 0 Å². The highest BCUT2D eigenvalue weighted by molar-refractivity contribution is 5.91. The van der Waals surface area contributed by atoms with E-state index < -0.39 is 4.92 Å². The lowest BCUT2D eigenvalue weighted by Crippen LogP contribution is -2.26. The van der Waals surface area contributed by atoms with E-state index in [9.17, 15) is 15.2 Å². The number of non-ortho nitro benzene ring substituents is 1. The van der Waals surface area contributed by atoms with Gasteiger partial charge >= 0.3 is 0 Å². The molecule has 0 bridgehead atoms. The molecule has 158 valence electrons. The number of phenols is 1. The van der Waals surface area contributed by atoms with Gasteiger partial charge in [-0.1, -0.05) is 19.1 Å². The summed E-state index contributed by atoms with van der Waals surface area (Å²) in [6.07, 6.45) is 3.70. The van der Waals surface area contributed by atoms with Crippen molar-refractivity contribution in [3.05, 3.63) is 69.9 Å². The predicted octanol–water partition coefficient (Wildman–Crippen LogP) is 4.87. The standard InChI is InChI=1S/C23H28N4O3/c1-3-12-26(16-18-15-19(27(29)30)6-8-23(18)28)13-4-10-24-21-9-11-25-22-14-17(2)5-7-20(21)22/h5-9,11,14-15,28H,3-4,10,12-13,16H2,1-2H3,(H,24,25). The smallest absolute Gasteiger partial charge is 0.270 e. The number of hydrogen-bond donors (Lipinski definition) is 2. The van der Waals surface area contributed by atoms with Crippen molar-refractivity contribution in [1.29, 1.82) is 0 Å². The number of hydrogen-bond acceptors (Lipinski definition) is 6. The molecule has 3 aromatic rings. The summed E-state index contributed by atoms with van der Waals surface area (Å²) in [7, 11) is 0. The van der Waals surface area contributed by atoms with Crippen LogP contribution in [0, 0.1) is 17.0 Å². The fourth-order valence-electron chi connectivity index (χ4n) is 3.58. The third-order valence-electron chi connectivity index (χ3n) is 5.07. The molecule has 0 aliphatic rings. The van der Waals surface area contributed by atoms with Crippen LogP contribution in [-0.2, 0) is 6.54 Å². The molecule has 1 aromatic heterocycles. The van der Waals surface area contributed by atoms with Crippen LogP contribution in [0.2, 0.25) is 0 Å². The number of aromatic hydroxyl groups is 1. The Balaban J connectivity index is 1.60. The van der Waals surface area contributed by atoms with Gasteiger partial charge in [-0.2, -0.15) is 0 Å². The second kappa shape index (κ2) is 10.0. The van der Waals surface area contributed by atoms with Gasteiger partial charge in [-0.25, -0.2) is 0 Å². The lowest BCUT2D eigenvalue weighted by Gasteiger charge is -2.22. The molecule has 0 unspecified atom stereocenters. The molecule has 0 radical (unpaired) electrons. The first-order valence-corrected chi connectivity index (χ1v) is 10.3. The van der Waals surface area contributed by atoms with E-state index in [1.807, 2.05) is 12.3 Å². The molecule has 0 aliphatic heterocycles. The molecule has 30 heavy (non-hydrogen) atoms. The third kappa shape index (κ3) is 5.45. The fourth-order valence-corrected chi connectivity index (χ4v) is 3.58. The Morgan fingerprint density at radius 2 is 2.00 bits per heavy atom. The molecule has 3 rings (SSSR count). The quantitative estimate of drug-likeness (QED) is 0.282. The Morgan fingerprint density at radius 3 is 2.77 bits per heavy atom. The molecule has 7 nitrogen and oxygen atoms in total. The van der Waals surface area contributed by atoms with Gasteiger partial charge in [0.2, 0.25) is 0 Å². The molecule has 7 heteroatoms. The predicted molar refractivity (Wildman–Crippen MR) is 120 cm³/mol. The van der Waals surface area contributed by atoms with Gasteiger partial charge in [0.15, 0.2) is 0 Å². The van der Waals surface area contributed by atoms with Crippen molar-refractivity contribution in [1.82, 2.24) is 9.88 Å². The number of aryl methyl sites for hydroxylation is 1. The third-order valence-corrected chi connectivity index (χ3v) is 5.07. The highest BCUT2D eigenvalue weighted by Gasteiger charge is 2.13. The van der Waals surface area contributed by atoms with Crippen LogP contribution in [0.1, 0.15) is 30.9 Å². The van der Waals surface area contributed by atoms with Crippen LogP contribution >= 0.6 is 0 Å². The van der Waals surface area contributed by atoms with Gasteiger partial charge in [0, 0.05) is 54.6 Å². The zero-order valence-electron chi connectivity index (χ0n) is 17.5. The maximum Gasteiger partial charge on any atom is 0.270 e. The summed E-state index contributed by atoms with van der Waals surface area (Å²) in [6.45, 7) is 7.13. The molecular formula is C23H28N4O3. The van der Waals surface area contributed by atoms with Crippen molar-refractivity contribution in [3.8, 4) is 5.75 Å². The molecule has 2 aromatic carbocycles. The largest absolute Gasteiger partial charge is 0.508 e. The molecule has 0 saturated carbocycles. The Labute approximate surface area is 176 Å². The number of nitrogens with one attached hydrogen (secondary N) is 1. The molecule has 0 saturated heterocycles. The molecule has 0 fully saturated rings. The number of nitrogens with zero attached hydrogens (tertiary/aromatic N) is 3. The average molecular weight is 409 g/mol. The SMILES string of the molecule is CCCN(CCCNc1ccnc2cc(C)ccc12)Cc1cc([N+](=O)[O-])ccc1O. The second-order valence-electron chi connectivity index (χ2n) is 7.51. The highest BCUT2D eigenvalue weighted by Crippen LogP contribution is 2.25. The molecule has 0 amide bonds. The number of nitro benzene ring substituents is 1. The van der Waals surface area contributed by atoms with Crippen molar-refractivity contribution in [2.75, 3.05) is 25.0 Å². The van der Waals surface area contributed by atoms with Crippen molar-refractivity contribution in [2.24, 2.45) is 0 Å². The Hall–Kier alpha value is -3.19. The van der Waals surface area contributed by atoms with E-state index in [-0.39, 0.29) is 11.4 Å². The number of nitro groups is 1. The topological polar surface area (TPSA) is 91.5 Å². The molecule has 1 heterocycles. The maximum atomic E-state index is 11.0. The Morgan fingerprint density at radius 1 is 1.17 bits per heavy atom. The number of rotatable bonds is 10. The minimum Gasteiger partial charge on any atom is -0.508 e. The van der Waals surface area contributed by atoms with Crippen molar-refractivity contribution in [3.63, 3.8) is 0 Å². The summed E-state index contributed by atoms with van der Waals surface area (Å²) in [4.78, 5) is 17.3. The van der Waals surface area contributed by atoms with E-state index in [2.05, 4.69) is 47.2 Å². The van der Waals surface area contributed by atoms with E-state index in [0.29, 0.717) is 12.1 Å². The van der Waals surface area contributed by atoms with Crippen LogP contribution in [0.4, 0.5) is 11.4 Å². The minimum atomic E-state index is -0.433. The molecular weight excluding hydrogens is 380 g/mol. The van der Waals surface area contributed by atoms with E-state index in [1.54, 1.807) is 0 Å². The van der Waals surface area contributed by atoms with Crippen LogP contribution in [0.25, 0.3) is 10.9 Å². The zero-order chi connectivity index (χ0) is 21.5. The zero-order valence-corrected chi connectivity index (χ0v) is 17.5. The van der Waals surface area contributed by atoms with E-state index in [0.717, 1.165) is 49.1 Å². The summed E-state index contributed by atoms with van der Waals surface area (Å²) in [5.41, 5.74) is 3.82. The summed E-state index contributed by atoms with van der Waals surface area (Å²) < 4.78 is 0. The maximum absolute atomic E-state index is 11.0. The van der Waals surface area contributed by atoms with Crippen molar-refractivity contribution < 1.29 is 10.0 Å². The molecule has 2 N–H and O–H groups in total. The molecule has 0 atom stereocenters. The lowest BCUT2D eigenvalue weighted by molar-refractivity contribution is -0.385. The molecule has 0 aliphatic carbocycles. The normalized spacial score (nSPS) is 11.2. The van der Waals surface area contributed by atoms with Crippen LogP contribution in [-0.4, -0.2) is 39.5 Å². The Kier molecular flexibility index (Phi) is 7.19. The van der Waals surface area contributed by atoms with E-state index in [1.165, 1.54) is 23.8 Å².